The van der Waals surface area contributed by atoms with Crippen LogP contribution in [0.4, 0.5) is 0 Å². The summed E-state index contributed by atoms with van der Waals surface area (Å²) in [6, 6.07) is 0. The molecule has 2 rings (SSSR count). The average molecular weight is 194 g/mol. The molecule has 82 valence electrons. The van der Waals surface area contributed by atoms with Crippen molar-refractivity contribution in [1.29, 1.82) is 0 Å². The summed E-state index contributed by atoms with van der Waals surface area (Å²) in [7, 11) is 0. The Hall–Kier alpha value is 0. The van der Waals surface area contributed by atoms with Gasteiger partial charge in [-0.05, 0) is 54.8 Å². The minimum Gasteiger partial charge on any atom is -0.0628 e. The molecule has 3 unspecified atom stereocenters. The van der Waals surface area contributed by atoms with Crippen molar-refractivity contribution in [3.63, 3.8) is 0 Å². The molecule has 2 aliphatic rings. The van der Waals surface area contributed by atoms with Crippen molar-refractivity contribution in [3.05, 3.63) is 0 Å². The van der Waals surface area contributed by atoms with E-state index in [1.807, 2.05) is 0 Å². The first-order valence-electron chi connectivity index (χ1n) is 6.55. The van der Waals surface area contributed by atoms with E-state index < -0.39 is 0 Å². The van der Waals surface area contributed by atoms with Crippen molar-refractivity contribution in [2.75, 3.05) is 0 Å². The molecule has 0 nitrogen and oxygen atoms in total. The van der Waals surface area contributed by atoms with Gasteiger partial charge >= 0.3 is 0 Å². The Morgan fingerprint density at radius 3 is 2.21 bits per heavy atom. The lowest BCUT2D eigenvalue weighted by atomic mass is 9.62. The second kappa shape index (κ2) is 3.54. The fourth-order valence-corrected chi connectivity index (χ4v) is 4.05. The highest BCUT2D eigenvalue weighted by Crippen LogP contribution is 2.61. The second-order valence-corrected chi connectivity index (χ2v) is 6.46. The molecule has 3 atom stereocenters. The Labute approximate surface area is 89.5 Å². The van der Waals surface area contributed by atoms with E-state index in [9.17, 15) is 0 Å². The largest absolute Gasteiger partial charge is 0.0628 e. The molecular formula is C14H26. The Bertz CT molecular complexity index is 200. The van der Waals surface area contributed by atoms with E-state index in [-0.39, 0.29) is 0 Å². The molecule has 2 saturated carbocycles. The lowest BCUT2D eigenvalue weighted by molar-refractivity contribution is 0.0755. The molecule has 1 spiro atoms. The van der Waals surface area contributed by atoms with Crippen LogP contribution in [0.1, 0.15) is 59.8 Å². The topological polar surface area (TPSA) is 0 Å². The molecule has 0 N–H and O–H groups in total. The quantitative estimate of drug-likeness (QED) is 0.607. The molecule has 0 saturated heterocycles. The fourth-order valence-electron chi connectivity index (χ4n) is 4.05. The third-order valence-electron chi connectivity index (χ3n) is 5.29. The van der Waals surface area contributed by atoms with Crippen LogP contribution in [0.15, 0.2) is 0 Å². The third-order valence-corrected chi connectivity index (χ3v) is 5.29. The summed E-state index contributed by atoms with van der Waals surface area (Å²) in [6.45, 7) is 9.78. The smallest absolute Gasteiger partial charge is 0.0266 e. The third kappa shape index (κ3) is 1.51. The van der Waals surface area contributed by atoms with Gasteiger partial charge in [0, 0.05) is 0 Å². The van der Waals surface area contributed by atoms with Crippen molar-refractivity contribution in [2.24, 2.45) is 29.1 Å². The van der Waals surface area contributed by atoms with Crippen LogP contribution in [0.25, 0.3) is 0 Å². The Morgan fingerprint density at radius 2 is 1.86 bits per heavy atom. The van der Waals surface area contributed by atoms with Crippen molar-refractivity contribution < 1.29 is 0 Å². The maximum absolute atomic E-state index is 2.52. The molecule has 0 aromatic carbocycles. The van der Waals surface area contributed by atoms with E-state index >= 15 is 0 Å². The van der Waals surface area contributed by atoms with E-state index in [4.69, 9.17) is 0 Å². The predicted molar refractivity (Wildman–Crippen MR) is 62.2 cm³/mol. The van der Waals surface area contributed by atoms with E-state index in [1.165, 1.54) is 25.7 Å². The van der Waals surface area contributed by atoms with E-state index in [0.717, 1.165) is 29.1 Å². The minimum atomic E-state index is 0.805. The van der Waals surface area contributed by atoms with Crippen LogP contribution in [0.5, 0.6) is 0 Å². The molecule has 0 heterocycles. The summed E-state index contributed by atoms with van der Waals surface area (Å²) >= 11 is 0. The normalized spacial score (nSPS) is 40.5. The van der Waals surface area contributed by atoms with Crippen LogP contribution in [-0.2, 0) is 0 Å². The van der Waals surface area contributed by atoms with Gasteiger partial charge in [-0.3, -0.25) is 0 Å². The molecule has 0 radical (unpaired) electrons. The zero-order valence-electron chi connectivity index (χ0n) is 10.3. The van der Waals surface area contributed by atoms with Crippen molar-refractivity contribution in [1.82, 2.24) is 0 Å². The maximum atomic E-state index is 2.52. The van der Waals surface area contributed by atoms with Gasteiger partial charge in [-0.25, -0.2) is 0 Å². The molecule has 0 aliphatic heterocycles. The summed E-state index contributed by atoms with van der Waals surface area (Å²) < 4.78 is 0. The molecular weight excluding hydrogens is 168 g/mol. The molecule has 0 aromatic rings. The summed E-state index contributed by atoms with van der Waals surface area (Å²) in [5.41, 5.74) is 0.805. The highest BCUT2D eigenvalue weighted by molar-refractivity contribution is 5.01. The molecule has 0 amide bonds. The Kier molecular flexibility index (Phi) is 2.66. The monoisotopic (exact) mass is 194 g/mol. The van der Waals surface area contributed by atoms with Crippen LogP contribution >= 0.6 is 0 Å². The summed E-state index contributed by atoms with van der Waals surface area (Å²) in [5.74, 6) is 3.91. The van der Waals surface area contributed by atoms with Gasteiger partial charge < -0.3 is 0 Å². The van der Waals surface area contributed by atoms with E-state index in [1.54, 1.807) is 6.42 Å². The highest BCUT2D eigenvalue weighted by Gasteiger charge is 2.51. The molecule has 2 aliphatic carbocycles. The van der Waals surface area contributed by atoms with Crippen LogP contribution in [0.3, 0.4) is 0 Å². The molecule has 0 aromatic heterocycles. The van der Waals surface area contributed by atoms with Gasteiger partial charge in [0.05, 0.1) is 0 Å². The SMILES string of the molecule is CC(C)CC1CC2(CCC2)C(C)C1C. The zero-order valence-corrected chi connectivity index (χ0v) is 10.3. The number of hydrogen-bond donors (Lipinski definition) is 0. The zero-order chi connectivity index (χ0) is 10.3. The average Bonchev–Trinajstić information content (AvgIpc) is 2.27. The highest BCUT2D eigenvalue weighted by atomic mass is 14.6. The van der Waals surface area contributed by atoms with Crippen LogP contribution in [0, 0.1) is 29.1 Å². The molecule has 2 fully saturated rings. The van der Waals surface area contributed by atoms with Crippen molar-refractivity contribution >= 4 is 0 Å². The van der Waals surface area contributed by atoms with Gasteiger partial charge in [0.2, 0.25) is 0 Å². The first kappa shape index (κ1) is 10.5. The van der Waals surface area contributed by atoms with E-state index in [0.29, 0.717) is 0 Å². The van der Waals surface area contributed by atoms with Crippen molar-refractivity contribution in [3.8, 4) is 0 Å². The van der Waals surface area contributed by atoms with Crippen LogP contribution in [0.2, 0.25) is 0 Å². The van der Waals surface area contributed by atoms with Gasteiger partial charge in [-0.1, -0.05) is 34.1 Å². The van der Waals surface area contributed by atoms with Gasteiger partial charge in [-0.2, -0.15) is 0 Å². The van der Waals surface area contributed by atoms with Gasteiger partial charge in [-0.15, -0.1) is 0 Å². The van der Waals surface area contributed by atoms with Gasteiger partial charge in [0.15, 0.2) is 0 Å². The Morgan fingerprint density at radius 1 is 1.21 bits per heavy atom. The van der Waals surface area contributed by atoms with Crippen LogP contribution in [-0.4, -0.2) is 0 Å². The number of hydrogen-bond acceptors (Lipinski definition) is 0. The predicted octanol–water partition coefficient (Wildman–Crippen LogP) is 4.49. The van der Waals surface area contributed by atoms with Gasteiger partial charge in [0.1, 0.15) is 0 Å². The Balaban J connectivity index is 2.02. The summed E-state index contributed by atoms with van der Waals surface area (Å²) in [4.78, 5) is 0. The summed E-state index contributed by atoms with van der Waals surface area (Å²) in [6.07, 6.45) is 7.59. The first-order valence-corrected chi connectivity index (χ1v) is 6.55. The van der Waals surface area contributed by atoms with Crippen LogP contribution < -0.4 is 0 Å². The first-order chi connectivity index (χ1) is 6.55. The summed E-state index contributed by atoms with van der Waals surface area (Å²) in [5, 5.41) is 0. The minimum absolute atomic E-state index is 0.805. The van der Waals surface area contributed by atoms with Gasteiger partial charge in [0.25, 0.3) is 0 Å². The second-order valence-electron chi connectivity index (χ2n) is 6.46. The molecule has 0 heteroatoms. The maximum Gasteiger partial charge on any atom is -0.0266 e. The lowest BCUT2D eigenvalue weighted by Gasteiger charge is -2.43. The van der Waals surface area contributed by atoms with E-state index in [2.05, 4.69) is 27.7 Å². The fraction of sp³-hybridized carbons (Fsp3) is 1.00. The standard InChI is InChI=1S/C14H26/c1-10(2)8-13-9-14(6-5-7-14)12(4)11(13)3/h10-13H,5-9H2,1-4H3. The lowest BCUT2D eigenvalue weighted by Crippen LogP contribution is -2.32. The molecule has 14 heavy (non-hydrogen) atoms. The van der Waals surface area contributed by atoms with Crippen molar-refractivity contribution in [2.45, 2.75) is 59.8 Å². The number of rotatable bonds is 2. The molecule has 0 bridgehead atoms.